The Labute approximate surface area is 120 Å². The second-order valence-corrected chi connectivity index (χ2v) is 4.72. The fraction of sp³-hybridized carbons (Fsp3) is 0.357. The molecule has 4 nitrogen and oxygen atoms in total. The van der Waals surface area contributed by atoms with Crippen LogP contribution >= 0.6 is 0 Å². The monoisotopic (exact) mass is 299 g/mol. The topological polar surface area (TPSA) is 39.1 Å². The number of imidazole rings is 1. The zero-order valence-corrected chi connectivity index (χ0v) is 11.7. The number of halogens is 3. The summed E-state index contributed by atoms with van der Waals surface area (Å²) in [5.74, 6) is -0.218. The molecule has 0 aliphatic rings. The molecule has 2 aromatic rings. The van der Waals surface area contributed by atoms with E-state index in [1.54, 1.807) is 24.7 Å². The van der Waals surface area contributed by atoms with Crippen LogP contribution in [0.4, 0.5) is 13.2 Å². The Morgan fingerprint density at radius 3 is 2.48 bits per heavy atom. The molecule has 1 unspecified atom stereocenters. The molecule has 0 amide bonds. The Hall–Kier alpha value is -2.02. The van der Waals surface area contributed by atoms with Gasteiger partial charge in [0.15, 0.2) is 0 Å². The molecule has 0 aliphatic heterocycles. The van der Waals surface area contributed by atoms with E-state index in [0.29, 0.717) is 6.54 Å². The molecule has 0 saturated carbocycles. The Kier molecular flexibility index (Phi) is 4.52. The van der Waals surface area contributed by atoms with Gasteiger partial charge in [-0.25, -0.2) is 4.98 Å². The van der Waals surface area contributed by atoms with Crippen LogP contribution in [-0.4, -0.2) is 15.9 Å². The molecule has 1 atom stereocenters. The maximum absolute atomic E-state index is 12.1. The largest absolute Gasteiger partial charge is 0.573 e. The van der Waals surface area contributed by atoms with E-state index < -0.39 is 6.36 Å². The van der Waals surface area contributed by atoms with Crippen molar-refractivity contribution in [3.05, 3.63) is 48.0 Å². The summed E-state index contributed by atoms with van der Waals surface area (Å²) in [4.78, 5) is 4.02. The van der Waals surface area contributed by atoms with E-state index in [9.17, 15) is 13.2 Å². The van der Waals surface area contributed by atoms with E-state index in [1.165, 1.54) is 12.1 Å². The highest BCUT2D eigenvalue weighted by Gasteiger charge is 2.30. The molecule has 0 fully saturated rings. The summed E-state index contributed by atoms with van der Waals surface area (Å²) in [7, 11) is 1.90. The number of benzene rings is 1. The zero-order valence-electron chi connectivity index (χ0n) is 11.7. The predicted molar refractivity (Wildman–Crippen MR) is 71.6 cm³/mol. The van der Waals surface area contributed by atoms with Crippen LogP contribution in [-0.2, 0) is 13.6 Å². The number of nitrogens with one attached hydrogen (secondary N) is 1. The maximum atomic E-state index is 12.1. The van der Waals surface area contributed by atoms with Gasteiger partial charge in [0.2, 0.25) is 0 Å². The summed E-state index contributed by atoms with van der Waals surface area (Å²) in [6.07, 6.45) is -1.18. The van der Waals surface area contributed by atoms with Gasteiger partial charge >= 0.3 is 6.36 Å². The van der Waals surface area contributed by atoms with Crippen molar-refractivity contribution in [3.63, 3.8) is 0 Å². The highest BCUT2D eigenvalue weighted by Crippen LogP contribution is 2.24. The summed E-state index contributed by atoms with van der Waals surface area (Å²) in [5.41, 5.74) is 1.91. The van der Waals surface area contributed by atoms with Gasteiger partial charge in [-0.05, 0) is 24.6 Å². The van der Waals surface area contributed by atoms with Crippen LogP contribution in [0.15, 0.2) is 36.8 Å². The highest BCUT2D eigenvalue weighted by molar-refractivity contribution is 5.29. The minimum Gasteiger partial charge on any atom is -0.406 e. The van der Waals surface area contributed by atoms with Crippen molar-refractivity contribution in [3.8, 4) is 5.75 Å². The van der Waals surface area contributed by atoms with Gasteiger partial charge in [0.25, 0.3) is 0 Å². The zero-order chi connectivity index (χ0) is 15.5. The molecule has 1 heterocycles. The molecule has 0 saturated heterocycles. The first-order chi connectivity index (χ1) is 9.85. The first-order valence-electron chi connectivity index (χ1n) is 6.39. The second-order valence-electron chi connectivity index (χ2n) is 4.72. The number of alkyl halides is 3. The van der Waals surface area contributed by atoms with Crippen LogP contribution in [0.5, 0.6) is 5.75 Å². The number of aromatic nitrogens is 2. The molecule has 114 valence electrons. The molecule has 21 heavy (non-hydrogen) atoms. The van der Waals surface area contributed by atoms with Gasteiger partial charge in [-0.15, -0.1) is 13.2 Å². The van der Waals surface area contributed by atoms with Crippen molar-refractivity contribution in [1.29, 1.82) is 0 Å². The smallest absolute Gasteiger partial charge is 0.406 e. The quantitative estimate of drug-likeness (QED) is 0.921. The van der Waals surface area contributed by atoms with Gasteiger partial charge in [-0.3, -0.25) is 0 Å². The SMILES string of the molecule is CC(NCc1cncn1C)c1ccc(OC(F)(F)F)cc1. The van der Waals surface area contributed by atoms with Crippen LogP contribution in [0.3, 0.4) is 0 Å². The standard InChI is InChI=1S/C14H16F3N3O/c1-10(19-8-12-7-18-9-20(12)2)11-3-5-13(6-4-11)21-14(15,16)17/h3-7,9-10,19H,8H2,1-2H3. The van der Waals surface area contributed by atoms with E-state index in [0.717, 1.165) is 11.3 Å². The first-order valence-corrected chi connectivity index (χ1v) is 6.39. The number of hydrogen-bond acceptors (Lipinski definition) is 3. The third-order valence-corrected chi connectivity index (χ3v) is 3.12. The lowest BCUT2D eigenvalue weighted by Gasteiger charge is -2.15. The first kappa shape index (κ1) is 15.4. The average Bonchev–Trinajstić information content (AvgIpc) is 2.80. The van der Waals surface area contributed by atoms with Crippen LogP contribution in [0.25, 0.3) is 0 Å². The molecule has 0 bridgehead atoms. The molecule has 0 spiro atoms. The lowest BCUT2D eigenvalue weighted by Crippen LogP contribution is -2.20. The molecule has 1 aromatic heterocycles. The van der Waals surface area contributed by atoms with Gasteiger partial charge in [0.1, 0.15) is 5.75 Å². The molecule has 0 radical (unpaired) electrons. The number of aryl methyl sites for hydroxylation is 1. The molecule has 1 aromatic carbocycles. The van der Waals surface area contributed by atoms with E-state index in [1.807, 2.05) is 18.5 Å². The second kappa shape index (κ2) is 6.17. The van der Waals surface area contributed by atoms with Gasteiger partial charge < -0.3 is 14.6 Å². The Morgan fingerprint density at radius 2 is 1.95 bits per heavy atom. The molecule has 0 aliphatic carbocycles. The number of hydrogen-bond donors (Lipinski definition) is 1. The molecule has 1 N–H and O–H groups in total. The van der Waals surface area contributed by atoms with Gasteiger partial charge in [0.05, 0.1) is 12.0 Å². The molecular weight excluding hydrogens is 283 g/mol. The molecular formula is C14H16F3N3O. The summed E-state index contributed by atoms with van der Waals surface area (Å²) in [6.45, 7) is 2.56. The van der Waals surface area contributed by atoms with Crippen molar-refractivity contribution in [2.24, 2.45) is 7.05 Å². The van der Waals surface area contributed by atoms with Crippen LogP contribution < -0.4 is 10.1 Å². The minimum atomic E-state index is -4.66. The molecule has 7 heteroatoms. The summed E-state index contributed by atoms with van der Waals surface area (Å²) >= 11 is 0. The van der Waals surface area contributed by atoms with E-state index in [2.05, 4.69) is 15.0 Å². The summed E-state index contributed by atoms with van der Waals surface area (Å²) in [5, 5.41) is 3.29. The Balaban J connectivity index is 1.93. The summed E-state index contributed by atoms with van der Waals surface area (Å²) < 4.78 is 42.0. The van der Waals surface area contributed by atoms with Crippen molar-refractivity contribution in [1.82, 2.24) is 14.9 Å². The fourth-order valence-corrected chi connectivity index (χ4v) is 1.89. The normalized spacial score (nSPS) is 13.2. The van der Waals surface area contributed by atoms with Gasteiger partial charge in [-0.1, -0.05) is 12.1 Å². The van der Waals surface area contributed by atoms with Crippen molar-refractivity contribution < 1.29 is 17.9 Å². The van der Waals surface area contributed by atoms with Gasteiger partial charge in [-0.2, -0.15) is 0 Å². The summed E-state index contributed by atoms with van der Waals surface area (Å²) in [6, 6.07) is 5.85. The van der Waals surface area contributed by atoms with E-state index in [-0.39, 0.29) is 11.8 Å². The minimum absolute atomic E-state index is 0.000151. The lowest BCUT2D eigenvalue weighted by molar-refractivity contribution is -0.274. The van der Waals surface area contributed by atoms with Crippen molar-refractivity contribution >= 4 is 0 Å². The van der Waals surface area contributed by atoms with Crippen LogP contribution in [0.1, 0.15) is 24.2 Å². The average molecular weight is 299 g/mol. The third-order valence-electron chi connectivity index (χ3n) is 3.12. The van der Waals surface area contributed by atoms with Crippen LogP contribution in [0.2, 0.25) is 0 Å². The van der Waals surface area contributed by atoms with Crippen molar-refractivity contribution in [2.45, 2.75) is 25.9 Å². The Bertz CT molecular complexity index is 578. The number of nitrogens with zero attached hydrogens (tertiary/aromatic N) is 2. The highest BCUT2D eigenvalue weighted by atomic mass is 19.4. The molecule has 2 rings (SSSR count). The number of ether oxygens (including phenoxy) is 1. The van der Waals surface area contributed by atoms with Crippen LogP contribution in [0, 0.1) is 0 Å². The predicted octanol–water partition coefficient (Wildman–Crippen LogP) is 3.17. The van der Waals surface area contributed by atoms with E-state index >= 15 is 0 Å². The fourth-order valence-electron chi connectivity index (χ4n) is 1.89. The lowest BCUT2D eigenvalue weighted by atomic mass is 10.1. The Morgan fingerprint density at radius 1 is 1.29 bits per heavy atom. The maximum Gasteiger partial charge on any atom is 0.573 e. The van der Waals surface area contributed by atoms with E-state index in [4.69, 9.17) is 0 Å². The third kappa shape index (κ3) is 4.49. The number of rotatable bonds is 5. The van der Waals surface area contributed by atoms with Crippen molar-refractivity contribution in [2.75, 3.05) is 0 Å². The van der Waals surface area contributed by atoms with Gasteiger partial charge in [0, 0.05) is 25.8 Å².